The van der Waals surface area contributed by atoms with Gasteiger partial charge in [0.25, 0.3) is 5.91 Å². The van der Waals surface area contributed by atoms with E-state index in [0.29, 0.717) is 75.9 Å². The smallest absolute Gasteiger partial charge is 0.306 e. The third-order valence-electron chi connectivity index (χ3n) is 9.51. The minimum absolute atomic E-state index is 0. The number of fused-ring (bicyclic) bond motifs is 1. The number of benzene rings is 3. The Labute approximate surface area is 296 Å². The molecule has 1 aliphatic heterocycles. The fourth-order valence-electron chi connectivity index (χ4n) is 7.12. The number of amides is 3. The number of carbonyl (C=O) groups is 4. The number of unbranched alkanes of at least 4 members (excludes halogenated alkanes) is 1. The van der Waals surface area contributed by atoms with Crippen molar-refractivity contribution in [3.63, 3.8) is 0 Å². The van der Waals surface area contributed by atoms with E-state index in [1.54, 1.807) is 19.2 Å². The van der Waals surface area contributed by atoms with E-state index in [2.05, 4.69) is 10.6 Å². The number of nitrogens with one attached hydrogen (secondary N) is 2. The lowest BCUT2D eigenvalue weighted by Gasteiger charge is -2.42. The predicted molar refractivity (Wildman–Crippen MR) is 194 cm³/mol. The zero-order valence-electron chi connectivity index (χ0n) is 28.7. The van der Waals surface area contributed by atoms with Crippen LogP contribution in [0.5, 0.6) is 5.75 Å². The number of hydrogen-bond acceptors (Lipinski definition) is 6. The molecule has 49 heavy (non-hydrogen) atoms. The molecule has 5 rings (SSSR count). The van der Waals surface area contributed by atoms with Gasteiger partial charge in [0, 0.05) is 32.1 Å². The zero-order chi connectivity index (χ0) is 34.1. The van der Waals surface area contributed by atoms with E-state index < -0.39 is 5.41 Å². The number of likely N-dealkylation sites (tertiary alicyclic amines) is 1. The molecule has 1 fully saturated rings. The molecule has 2 aliphatic rings. The number of para-hydroxylation sites is 1. The third kappa shape index (κ3) is 8.65. The van der Waals surface area contributed by atoms with Crippen molar-refractivity contribution in [2.45, 2.75) is 82.3 Å². The fourth-order valence-corrected chi connectivity index (χ4v) is 7.12. The maximum atomic E-state index is 14.2. The molecule has 1 saturated heterocycles. The van der Waals surface area contributed by atoms with Crippen LogP contribution in [0.4, 0.5) is 0 Å². The molecule has 0 bridgehead atoms. The summed E-state index contributed by atoms with van der Waals surface area (Å²) >= 11 is 0. The van der Waals surface area contributed by atoms with Crippen LogP contribution in [0.2, 0.25) is 0 Å². The molecule has 0 unspecified atom stereocenters. The molecule has 0 aromatic heterocycles. The van der Waals surface area contributed by atoms with Crippen molar-refractivity contribution in [1.82, 2.24) is 15.5 Å². The van der Waals surface area contributed by atoms with Gasteiger partial charge in [-0.2, -0.15) is 13.5 Å². The first-order valence-corrected chi connectivity index (χ1v) is 17.1. The summed E-state index contributed by atoms with van der Waals surface area (Å²) in [6, 6.07) is 24.8. The lowest BCUT2D eigenvalue weighted by Crippen LogP contribution is -2.51. The summed E-state index contributed by atoms with van der Waals surface area (Å²) in [6.45, 7) is 5.19. The number of piperidine rings is 1. The number of carbonyl (C=O) groups excluding carboxylic acids is 4. The maximum absolute atomic E-state index is 14.2. The fraction of sp³-hybridized carbons (Fsp3) is 0.436. The van der Waals surface area contributed by atoms with Crippen molar-refractivity contribution >= 4 is 37.2 Å². The highest BCUT2D eigenvalue weighted by Crippen LogP contribution is 2.48. The lowest BCUT2D eigenvalue weighted by molar-refractivity contribution is -0.147. The molecular weight excluding hydrogens is 639 g/mol. The third-order valence-corrected chi connectivity index (χ3v) is 9.51. The highest BCUT2D eigenvalue weighted by Gasteiger charge is 2.48. The molecule has 1 aliphatic carbocycles. The highest BCUT2D eigenvalue weighted by molar-refractivity contribution is 7.59. The Morgan fingerprint density at radius 2 is 1.55 bits per heavy atom. The van der Waals surface area contributed by atoms with Crippen LogP contribution in [0, 0.1) is 0 Å². The zero-order valence-corrected chi connectivity index (χ0v) is 29.7. The van der Waals surface area contributed by atoms with Crippen LogP contribution in [-0.4, -0.2) is 67.5 Å². The van der Waals surface area contributed by atoms with Crippen molar-refractivity contribution in [2.24, 2.45) is 0 Å². The van der Waals surface area contributed by atoms with Crippen molar-refractivity contribution in [3.8, 4) is 5.75 Å². The van der Waals surface area contributed by atoms with Crippen LogP contribution in [0.25, 0.3) is 0 Å². The Morgan fingerprint density at radius 3 is 2.27 bits per heavy atom. The Balaban J connectivity index is 0.00000541. The number of hydrogen-bond donors (Lipinski definition) is 2. The summed E-state index contributed by atoms with van der Waals surface area (Å²) in [4.78, 5) is 55.2. The number of ether oxygens (including phenoxy) is 2. The number of nitrogens with zero attached hydrogens (tertiary/aromatic N) is 1. The van der Waals surface area contributed by atoms with Crippen molar-refractivity contribution in [2.75, 3.05) is 26.7 Å². The van der Waals surface area contributed by atoms with Gasteiger partial charge in [-0.15, -0.1) is 0 Å². The molecule has 0 radical (unpaired) electrons. The van der Waals surface area contributed by atoms with Crippen LogP contribution >= 0.6 is 13.5 Å². The maximum Gasteiger partial charge on any atom is 0.306 e. The molecule has 10 heteroatoms. The summed E-state index contributed by atoms with van der Waals surface area (Å²) in [5.41, 5.74) is 2.19. The van der Waals surface area contributed by atoms with E-state index in [0.717, 1.165) is 16.7 Å². The Hall–Kier alpha value is -4.31. The van der Waals surface area contributed by atoms with Crippen LogP contribution in [0.15, 0.2) is 78.9 Å². The molecule has 262 valence electrons. The van der Waals surface area contributed by atoms with Crippen molar-refractivity contribution < 1.29 is 28.7 Å². The summed E-state index contributed by atoms with van der Waals surface area (Å²) < 4.78 is 10.6. The van der Waals surface area contributed by atoms with Crippen LogP contribution in [-0.2, 0) is 24.5 Å². The van der Waals surface area contributed by atoms with E-state index in [1.165, 1.54) is 0 Å². The molecule has 3 amide bonds. The second-order valence-electron chi connectivity index (χ2n) is 13.0. The van der Waals surface area contributed by atoms with Gasteiger partial charge in [0.1, 0.15) is 5.75 Å². The lowest BCUT2D eigenvalue weighted by atomic mass is 9.62. The average molecular weight is 688 g/mol. The molecule has 3 aromatic rings. The molecule has 0 saturated carbocycles. The normalized spacial score (nSPS) is 18.9. The van der Waals surface area contributed by atoms with E-state index in [9.17, 15) is 19.2 Å². The van der Waals surface area contributed by atoms with E-state index in [4.69, 9.17) is 9.47 Å². The topological polar surface area (TPSA) is 114 Å². The van der Waals surface area contributed by atoms with Crippen molar-refractivity contribution in [3.05, 3.63) is 101 Å². The van der Waals surface area contributed by atoms with Crippen LogP contribution < -0.4 is 15.4 Å². The highest BCUT2D eigenvalue weighted by atomic mass is 32.1. The largest absolute Gasteiger partial charge is 0.496 e. The standard InChI is InChI=1S/C39H47N3O6.H2S/c1-27(2)48-35(43)19-11-12-24-40-38(46)39(28-13-5-4-6-14-28)23-20-31(30-15-7-9-17-33(30)39)37(45)42-25-21-29(22-26-42)41-36(44)32-16-8-10-18-34(32)47-3;/h4-10,13-18,27,29,31H,11-12,19-26H2,1-3H3,(H,40,46)(H,41,44);1H2/t31-,39+;/m0./s1. The summed E-state index contributed by atoms with van der Waals surface area (Å²) in [5, 5.41) is 6.28. The molecule has 9 nitrogen and oxygen atoms in total. The first kappa shape index (κ1) is 37.5. The van der Waals surface area contributed by atoms with Crippen molar-refractivity contribution in [1.29, 1.82) is 0 Å². The van der Waals surface area contributed by atoms with Gasteiger partial charge in [-0.25, -0.2) is 0 Å². The second kappa shape index (κ2) is 17.4. The van der Waals surface area contributed by atoms with Gasteiger partial charge in [-0.3, -0.25) is 19.2 Å². The Morgan fingerprint density at radius 1 is 0.878 bits per heavy atom. The van der Waals surface area contributed by atoms with Gasteiger partial charge in [0.15, 0.2) is 0 Å². The molecular formula is C39H49N3O6S. The van der Waals surface area contributed by atoms with Gasteiger partial charge in [-0.1, -0.05) is 66.7 Å². The van der Waals surface area contributed by atoms with Crippen LogP contribution in [0.3, 0.4) is 0 Å². The predicted octanol–water partition coefficient (Wildman–Crippen LogP) is 5.63. The first-order valence-electron chi connectivity index (χ1n) is 17.1. The molecule has 0 spiro atoms. The van der Waals surface area contributed by atoms with E-state index in [1.807, 2.05) is 85.5 Å². The first-order chi connectivity index (χ1) is 23.2. The number of esters is 1. The summed E-state index contributed by atoms with van der Waals surface area (Å²) in [6.07, 6.45) is 3.79. The summed E-state index contributed by atoms with van der Waals surface area (Å²) in [7, 11) is 1.55. The molecule has 2 N–H and O–H groups in total. The quantitative estimate of drug-likeness (QED) is 0.189. The van der Waals surface area contributed by atoms with E-state index >= 15 is 0 Å². The second-order valence-corrected chi connectivity index (χ2v) is 13.0. The summed E-state index contributed by atoms with van der Waals surface area (Å²) in [5.74, 6) is -0.269. The van der Waals surface area contributed by atoms with Gasteiger partial charge >= 0.3 is 5.97 Å². The minimum atomic E-state index is -0.943. The Bertz CT molecular complexity index is 1590. The monoisotopic (exact) mass is 687 g/mol. The minimum Gasteiger partial charge on any atom is -0.496 e. The van der Waals surface area contributed by atoms with Crippen LogP contribution in [0.1, 0.15) is 91.8 Å². The number of rotatable bonds is 12. The van der Waals surface area contributed by atoms with Gasteiger partial charge < -0.3 is 25.0 Å². The SMILES string of the molecule is COc1ccccc1C(=O)NC1CCN(C(=O)[C@H]2CC[C@@](C(=O)NCCCCC(=O)OC(C)C)(c3ccccc3)c3ccccc32)CC1.S. The average Bonchev–Trinajstić information content (AvgIpc) is 3.11. The molecule has 2 atom stereocenters. The Kier molecular flexibility index (Phi) is 13.3. The van der Waals surface area contributed by atoms with Gasteiger partial charge in [-0.05, 0) is 81.2 Å². The number of methoxy groups -OCH3 is 1. The molecule has 3 aromatic carbocycles. The van der Waals surface area contributed by atoms with E-state index in [-0.39, 0.29) is 55.3 Å². The van der Waals surface area contributed by atoms with Gasteiger partial charge in [0.2, 0.25) is 11.8 Å². The molecule has 1 heterocycles. The van der Waals surface area contributed by atoms with Gasteiger partial charge in [0.05, 0.1) is 30.1 Å².